The summed E-state index contributed by atoms with van der Waals surface area (Å²) in [4.78, 5) is 2.33. The molecular weight excluding hydrogens is 328 g/mol. The molecule has 0 saturated carbocycles. The van der Waals surface area contributed by atoms with E-state index in [0.717, 1.165) is 24.2 Å². The van der Waals surface area contributed by atoms with Crippen LogP contribution in [-0.2, 0) is 11.3 Å². The molecule has 118 valence electrons. The summed E-state index contributed by atoms with van der Waals surface area (Å²) in [5, 5.41) is 3.51. The Labute approximate surface area is 137 Å². The van der Waals surface area contributed by atoms with E-state index in [9.17, 15) is 0 Å². The summed E-state index contributed by atoms with van der Waals surface area (Å²) in [5.41, 5.74) is 2.62. The highest BCUT2D eigenvalue weighted by molar-refractivity contribution is 9.10. The minimum Gasteiger partial charge on any atom is -0.376 e. The number of nitrogens with one attached hydrogen (secondary N) is 1. The van der Waals surface area contributed by atoms with Crippen LogP contribution in [-0.4, -0.2) is 32.3 Å². The van der Waals surface area contributed by atoms with Crippen molar-refractivity contribution in [1.29, 1.82) is 0 Å². The third kappa shape index (κ3) is 5.28. The van der Waals surface area contributed by atoms with Gasteiger partial charge in [0.2, 0.25) is 0 Å². The van der Waals surface area contributed by atoms with E-state index < -0.39 is 0 Å². The van der Waals surface area contributed by atoms with Crippen molar-refractivity contribution in [2.24, 2.45) is 0 Å². The molecule has 4 heteroatoms. The zero-order chi connectivity index (χ0) is 15.2. The maximum Gasteiger partial charge on any atom is 0.0749 e. The van der Waals surface area contributed by atoms with E-state index in [0.29, 0.717) is 12.1 Å². The molecule has 3 nitrogen and oxygen atoms in total. The van der Waals surface area contributed by atoms with Gasteiger partial charge in [-0.3, -0.25) is 0 Å². The summed E-state index contributed by atoms with van der Waals surface area (Å²) < 4.78 is 7.00. The van der Waals surface area contributed by atoms with Crippen LogP contribution in [0.3, 0.4) is 0 Å². The molecule has 0 spiro atoms. The second-order valence-corrected chi connectivity index (χ2v) is 7.09. The Bertz CT molecular complexity index is 444. The van der Waals surface area contributed by atoms with Crippen molar-refractivity contribution in [3.63, 3.8) is 0 Å². The first-order chi connectivity index (χ1) is 10.1. The summed E-state index contributed by atoms with van der Waals surface area (Å²) in [6.07, 6.45) is 4.06. The van der Waals surface area contributed by atoms with Gasteiger partial charge in [0.25, 0.3) is 0 Å². The summed E-state index contributed by atoms with van der Waals surface area (Å²) in [6, 6.07) is 7.02. The molecule has 0 bridgehead atoms. The fourth-order valence-electron chi connectivity index (χ4n) is 2.74. The molecule has 1 unspecified atom stereocenters. The normalized spacial score (nSPS) is 19.0. The van der Waals surface area contributed by atoms with Crippen LogP contribution in [0.15, 0.2) is 22.7 Å². The molecule has 1 aromatic rings. The van der Waals surface area contributed by atoms with Crippen molar-refractivity contribution in [1.82, 2.24) is 5.32 Å². The standard InChI is InChI=1S/C17H27BrN2O/c1-13(2)19-11-14-10-15(18)7-8-17(14)20(3)12-16-6-4-5-9-21-16/h7-8,10,13,16,19H,4-6,9,11-12H2,1-3H3. The van der Waals surface area contributed by atoms with Gasteiger partial charge in [0, 0.05) is 42.9 Å². The fraction of sp³-hybridized carbons (Fsp3) is 0.647. The van der Waals surface area contributed by atoms with Gasteiger partial charge in [-0.1, -0.05) is 29.8 Å². The molecule has 1 aliphatic rings. The minimum atomic E-state index is 0.373. The molecule has 21 heavy (non-hydrogen) atoms. The Morgan fingerprint density at radius 2 is 2.19 bits per heavy atom. The molecule has 0 aliphatic carbocycles. The Morgan fingerprint density at radius 3 is 2.86 bits per heavy atom. The molecular formula is C17H27BrN2O. The first kappa shape index (κ1) is 16.8. The zero-order valence-electron chi connectivity index (χ0n) is 13.4. The lowest BCUT2D eigenvalue weighted by atomic mass is 10.1. The molecule has 1 atom stereocenters. The number of halogens is 1. The smallest absolute Gasteiger partial charge is 0.0749 e. The van der Waals surface area contributed by atoms with Crippen LogP contribution < -0.4 is 10.2 Å². The van der Waals surface area contributed by atoms with Crippen molar-refractivity contribution in [3.8, 4) is 0 Å². The van der Waals surface area contributed by atoms with Gasteiger partial charge < -0.3 is 15.0 Å². The molecule has 0 amide bonds. The molecule has 1 aliphatic heterocycles. The van der Waals surface area contributed by atoms with Crippen LogP contribution in [0.5, 0.6) is 0 Å². The molecule has 0 aromatic heterocycles. The van der Waals surface area contributed by atoms with Gasteiger partial charge in [-0.15, -0.1) is 0 Å². The average Bonchev–Trinajstić information content (AvgIpc) is 2.46. The molecule has 1 saturated heterocycles. The first-order valence-corrected chi connectivity index (χ1v) is 8.70. The lowest BCUT2D eigenvalue weighted by Crippen LogP contribution is -2.34. The predicted octanol–water partition coefficient (Wildman–Crippen LogP) is 3.95. The van der Waals surface area contributed by atoms with Crippen molar-refractivity contribution < 1.29 is 4.74 Å². The van der Waals surface area contributed by atoms with Crippen LogP contribution in [0, 0.1) is 0 Å². The first-order valence-electron chi connectivity index (χ1n) is 7.91. The highest BCUT2D eigenvalue weighted by atomic mass is 79.9. The van der Waals surface area contributed by atoms with E-state index >= 15 is 0 Å². The third-order valence-corrected chi connectivity index (χ3v) is 4.40. The van der Waals surface area contributed by atoms with Gasteiger partial charge in [-0.05, 0) is 43.0 Å². The molecule has 1 aromatic carbocycles. The van der Waals surface area contributed by atoms with E-state index in [4.69, 9.17) is 4.74 Å². The van der Waals surface area contributed by atoms with Crippen LogP contribution in [0.4, 0.5) is 5.69 Å². The number of nitrogens with zero attached hydrogens (tertiary/aromatic N) is 1. The van der Waals surface area contributed by atoms with Crippen LogP contribution in [0.25, 0.3) is 0 Å². The Hall–Kier alpha value is -0.580. The van der Waals surface area contributed by atoms with Gasteiger partial charge >= 0.3 is 0 Å². The Morgan fingerprint density at radius 1 is 1.38 bits per heavy atom. The third-order valence-electron chi connectivity index (χ3n) is 3.91. The maximum atomic E-state index is 5.87. The van der Waals surface area contributed by atoms with Crippen molar-refractivity contribution >= 4 is 21.6 Å². The number of benzene rings is 1. The predicted molar refractivity (Wildman–Crippen MR) is 93.0 cm³/mol. The lowest BCUT2D eigenvalue weighted by Gasteiger charge is -2.30. The van der Waals surface area contributed by atoms with Gasteiger partial charge in [0.05, 0.1) is 6.10 Å². The second kappa shape index (κ2) is 8.16. The summed E-state index contributed by atoms with van der Waals surface area (Å²) >= 11 is 3.58. The zero-order valence-corrected chi connectivity index (χ0v) is 14.9. The van der Waals surface area contributed by atoms with Crippen molar-refractivity contribution in [2.45, 2.75) is 51.8 Å². The SMILES string of the molecule is CC(C)NCc1cc(Br)ccc1N(C)CC1CCCCO1. The lowest BCUT2D eigenvalue weighted by molar-refractivity contribution is 0.0216. The number of ether oxygens (including phenoxy) is 1. The van der Waals surface area contributed by atoms with Crippen molar-refractivity contribution in [2.75, 3.05) is 25.1 Å². The van der Waals surface area contributed by atoms with E-state index in [1.54, 1.807) is 0 Å². The van der Waals surface area contributed by atoms with Gasteiger partial charge in [-0.25, -0.2) is 0 Å². The van der Waals surface area contributed by atoms with E-state index in [2.05, 4.69) is 65.2 Å². The molecule has 1 N–H and O–H groups in total. The van der Waals surface area contributed by atoms with E-state index in [1.165, 1.54) is 30.5 Å². The van der Waals surface area contributed by atoms with E-state index in [1.807, 2.05) is 0 Å². The quantitative estimate of drug-likeness (QED) is 0.836. The van der Waals surface area contributed by atoms with Gasteiger partial charge in [-0.2, -0.15) is 0 Å². The fourth-order valence-corrected chi connectivity index (χ4v) is 3.15. The Balaban J connectivity index is 2.05. The van der Waals surface area contributed by atoms with Crippen molar-refractivity contribution in [3.05, 3.63) is 28.2 Å². The second-order valence-electron chi connectivity index (χ2n) is 6.18. The van der Waals surface area contributed by atoms with Crippen LogP contribution >= 0.6 is 15.9 Å². The number of anilines is 1. The topological polar surface area (TPSA) is 24.5 Å². The minimum absolute atomic E-state index is 0.373. The molecule has 2 rings (SSSR count). The maximum absolute atomic E-state index is 5.87. The van der Waals surface area contributed by atoms with Gasteiger partial charge in [0.15, 0.2) is 0 Å². The molecule has 1 heterocycles. The molecule has 1 fully saturated rings. The average molecular weight is 355 g/mol. The monoisotopic (exact) mass is 354 g/mol. The summed E-state index contributed by atoms with van der Waals surface area (Å²) in [6.45, 7) is 7.13. The van der Waals surface area contributed by atoms with Gasteiger partial charge in [0.1, 0.15) is 0 Å². The number of hydrogen-bond acceptors (Lipinski definition) is 3. The van der Waals surface area contributed by atoms with Crippen LogP contribution in [0.2, 0.25) is 0 Å². The summed E-state index contributed by atoms with van der Waals surface area (Å²) in [7, 11) is 2.17. The number of hydrogen-bond donors (Lipinski definition) is 1. The highest BCUT2D eigenvalue weighted by Gasteiger charge is 2.17. The largest absolute Gasteiger partial charge is 0.376 e. The Kier molecular flexibility index (Phi) is 6.52. The number of likely N-dealkylation sites (N-methyl/N-ethyl adjacent to an activating group) is 1. The van der Waals surface area contributed by atoms with Crippen LogP contribution in [0.1, 0.15) is 38.7 Å². The molecule has 0 radical (unpaired) electrons. The number of rotatable bonds is 6. The highest BCUT2D eigenvalue weighted by Crippen LogP contribution is 2.25. The summed E-state index contributed by atoms with van der Waals surface area (Å²) in [5.74, 6) is 0. The van der Waals surface area contributed by atoms with E-state index in [-0.39, 0.29) is 0 Å².